The summed E-state index contributed by atoms with van der Waals surface area (Å²) in [7, 11) is 0. The number of carboxylic acid groups (broad SMARTS) is 1. The van der Waals surface area contributed by atoms with Gasteiger partial charge in [0.1, 0.15) is 5.76 Å². The summed E-state index contributed by atoms with van der Waals surface area (Å²) in [5.41, 5.74) is 0. The maximum Gasteiger partial charge on any atom is 0.305 e. The van der Waals surface area contributed by atoms with Gasteiger partial charge in [-0.15, -0.1) is 0 Å². The number of carbonyl (C=O) groups excluding carboxylic acids is 1. The van der Waals surface area contributed by atoms with Crippen molar-refractivity contribution in [1.29, 1.82) is 0 Å². The van der Waals surface area contributed by atoms with E-state index in [4.69, 9.17) is 9.52 Å². The molecule has 2 N–H and O–H groups in total. The van der Waals surface area contributed by atoms with Crippen molar-refractivity contribution in [2.45, 2.75) is 25.1 Å². The highest BCUT2D eigenvalue weighted by Crippen LogP contribution is 2.13. The summed E-state index contributed by atoms with van der Waals surface area (Å²) in [5, 5.41) is 11.1. The molecule has 0 saturated carbocycles. The zero-order valence-corrected chi connectivity index (χ0v) is 10.5. The van der Waals surface area contributed by atoms with Crippen LogP contribution < -0.4 is 5.32 Å². The lowest BCUT2D eigenvalue weighted by molar-refractivity contribution is -0.137. The second-order valence-corrected chi connectivity index (χ2v) is 4.54. The van der Waals surface area contributed by atoms with Crippen molar-refractivity contribution in [1.82, 2.24) is 5.32 Å². The minimum absolute atomic E-state index is 0.107. The van der Waals surface area contributed by atoms with Gasteiger partial charge in [0.15, 0.2) is 5.76 Å². The largest absolute Gasteiger partial charge is 0.481 e. The number of rotatable bonds is 6. The van der Waals surface area contributed by atoms with E-state index in [-0.39, 0.29) is 18.1 Å². The summed E-state index contributed by atoms with van der Waals surface area (Å²) in [6.45, 7) is 1.64. The Kier molecular flexibility index (Phi) is 5.09. The number of nitrogens with one attached hydrogen (secondary N) is 1. The van der Waals surface area contributed by atoms with Crippen LogP contribution in [0.25, 0.3) is 0 Å². The molecule has 0 radical (unpaired) electrons. The third-order valence-electron chi connectivity index (χ3n) is 2.03. The monoisotopic (exact) mass is 257 g/mol. The summed E-state index contributed by atoms with van der Waals surface area (Å²) in [4.78, 5) is 22.1. The number of hydrogen-bond acceptors (Lipinski definition) is 4. The summed E-state index contributed by atoms with van der Waals surface area (Å²) < 4.78 is 5.31. The van der Waals surface area contributed by atoms with Gasteiger partial charge in [0.2, 0.25) is 0 Å². The summed E-state index contributed by atoms with van der Waals surface area (Å²) >= 11 is 1.60. The van der Waals surface area contributed by atoms with Crippen LogP contribution in [0.5, 0.6) is 0 Å². The zero-order valence-electron chi connectivity index (χ0n) is 9.73. The third-order valence-corrected chi connectivity index (χ3v) is 2.60. The molecule has 1 heterocycles. The third kappa shape index (κ3) is 4.52. The molecule has 0 saturated heterocycles. The van der Waals surface area contributed by atoms with Gasteiger partial charge in [-0.25, -0.2) is 0 Å². The molecule has 0 aliphatic carbocycles. The molecule has 0 aromatic carbocycles. The van der Waals surface area contributed by atoms with Crippen LogP contribution in [-0.4, -0.2) is 29.3 Å². The van der Waals surface area contributed by atoms with E-state index in [0.717, 1.165) is 5.76 Å². The van der Waals surface area contributed by atoms with Crippen LogP contribution in [-0.2, 0) is 10.5 Å². The normalized spacial score (nSPS) is 12.1. The standard InChI is InChI=1S/C11H15NO4S/c1-7(5-10(13)14)12-11(15)9-4-3-8(16-9)6-17-2/h3-4,7H,5-6H2,1-2H3,(H,12,15)(H,13,14). The number of carbonyl (C=O) groups is 2. The van der Waals surface area contributed by atoms with Crippen molar-refractivity contribution in [3.8, 4) is 0 Å². The molecular weight excluding hydrogens is 242 g/mol. The van der Waals surface area contributed by atoms with Crippen LogP contribution in [0, 0.1) is 0 Å². The summed E-state index contributed by atoms with van der Waals surface area (Å²) in [6, 6.07) is 2.91. The number of aliphatic carboxylic acids is 1. The highest BCUT2D eigenvalue weighted by atomic mass is 32.2. The van der Waals surface area contributed by atoms with Crippen LogP contribution in [0.15, 0.2) is 16.5 Å². The van der Waals surface area contributed by atoms with Gasteiger partial charge in [-0.2, -0.15) is 11.8 Å². The predicted molar refractivity (Wildman–Crippen MR) is 65.1 cm³/mol. The van der Waals surface area contributed by atoms with Gasteiger partial charge in [-0.1, -0.05) is 0 Å². The molecule has 0 spiro atoms. The van der Waals surface area contributed by atoms with Gasteiger partial charge in [0, 0.05) is 6.04 Å². The van der Waals surface area contributed by atoms with Crippen molar-refractivity contribution in [3.05, 3.63) is 23.7 Å². The molecule has 0 bridgehead atoms. The molecule has 1 aromatic rings. The van der Waals surface area contributed by atoms with E-state index < -0.39 is 12.0 Å². The Bertz CT molecular complexity index is 402. The molecule has 17 heavy (non-hydrogen) atoms. The minimum Gasteiger partial charge on any atom is -0.481 e. The minimum atomic E-state index is -0.944. The molecule has 1 amide bonds. The lowest BCUT2D eigenvalue weighted by Crippen LogP contribution is -2.33. The van der Waals surface area contributed by atoms with Crippen LogP contribution in [0.2, 0.25) is 0 Å². The van der Waals surface area contributed by atoms with E-state index in [1.165, 1.54) is 0 Å². The lowest BCUT2D eigenvalue weighted by atomic mass is 10.2. The maximum atomic E-state index is 11.6. The first-order chi connectivity index (χ1) is 8.02. The molecule has 5 nitrogen and oxygen atoms in total. The van der Waals surface area contributed by atoms with Crippen LogP contribution >= 0.6 is 11.8 Å². The maximum absolute atomic E-state index is 11.6. The Balaban J connectivity index is 2.54. The average Bonchev–Trinajstić information content (AvgIpc) is 2.65. The van der Waals surface area contributed by atoms with E-state index in [1.807, 2.05) is 6.26 Å². The van der Waals surface area contributed by atoms with Crippen LogP contribution in [0.1, 0.15) is 29.7 Å². The van der Waals surface area contributed by atoms with Gasteiger partial charge in [-0.3, -0.25) is 9.59 Å². The van der Waals surface area contributed by atoms with Crippen molar-refractivity contribution < 1.29 is 19.1 Å². The van der Waals surface area contributed by atoms with Crippen molar-refractivity contribution >= 4 is 23.6 Å². The van der Waals surface area contributed by atoms with Crippen molar-refractivity contribution in [3.63, 3.8) is 0 Å². The van der Waals surface area contributed by atoms with Gasteiger partial charge in [0.05, 0.1) is 12.2 Å². The molecule has 1 atom stereocenters. The number of furan rings is 1. The molecule has 1 unspecified atom stereocenters. The molecule has 94 valence electrons. The summed E-state index contributed by atoms with van der Waals surface area (Å²) in [6.07, 6.45) is 1.83. The predicted octanol–water partition coefficient (Wildman–Crippen LogP) is 1.74. The first-order valence-corrected chi connectivity index (χ1v) is 6.52. The average molecular weight is 257 g/mol. The SMILES string of the molecule is CSCc1ccc(C(=O)NC(C)CC(=O)O)o1. The Morgan fingerprint density at radius 1 is 1.53 bits per heavy atom. The topological polar surface area (TPSA) is 79.5 Å². The van der Waals surface area contributed by atoms with Gasteiger partial charge < -0.3 is 14.8 Å². The van der Waals surface area contributed by atoms with E-state index in [0.29, 0.717) is 5.75 Å². The molecular formula is C11H15NO4S. The molecule has 1 rings (SSSR count). The van der Waals surface area contributed by atoms with E-state index in [1.54, 1.807) is 30.8 Å². The van der Waals surface area contributed by atoms with Crippen molar-refractivity contribution in [2.24, 2.45) is 0 Å². The second-order valence-electron chi connectivity index (χ2n) is 3.67. The number of thioether (sulfide) groups is 1. The van der Waals surface area contributed by atoms with Gasteiger partial charge in [0.25, 0.3) is 5.91 Å². The van der Waals surface area contributed by atoms with Crippen LogP contribution in [0.3, 0.4) is 0 Å². The highest BCUT2D eigenvalue weighted by molar-refractivity contribution is 7.97. The smallest absolute Gasteiger partial charge is 0.305 e. The Hall–Kier alpha value is -1.43. The highest BCUT2D eigenvalue weighted by Gasteiger charge is 2.15. The summed E-state index contributed by atoms with van der Waals surface area (Å²) in [5.74, 6) is 0.323. The quantitative estimate of drug-likeness (QED) is 0.811. The molecule has 0 fully saturated rings. The van der Waals surface area contributed by atoms with Crippen molar-refractivity contribution in [2.75, 3.05) is 6.26 Å². The first kappa shape index (κ1) is 13.6. The molecule has 0 aliphatic heterocycles. The Morgan fingerprint density at radius 3 is 2.82 bits per heavy atom. The fourth-order valence-electron chi connectivity index (χ4n) is 1.33. The van der Waals surface area contributed by atoms with Crippen LogP contribution in [0.4, 0.5) is 0 Å². The van der Waals surface area contributed by atoms with E-state index in [2.05, 4.69) is 5.32 Å². The van der Waals surface area contributed by atoms with E-state index in [9.17, 15) is 9.59 Å². The number of hydrogen-bond donors (Lipinski definition) is 2. The fourth-order valence-corrected chi connectivity index (χ4v) is 1.77. The van der Waals surface area contributed by atoms with E-state index >= 15 is 0 Å². The Morgan fingerprint density at radius 2 is 2.24 bits per heavy atom. The second kappa shape index (κ2) is 6.34. The Labute approximate surface area is 104 Å². The molecule has 1 aromatic heterocycles. The van der Waals surface area contributed by atoms with Gasteiger partial charge >= 0.3 is 5.97 Å². The number of amides is 1. The number of carboxylic acids is 1. The zero-order chi connectivity index (χ0) is 12.8. The molecule has 6 heteroatoms. The first-order valence-electron chi connectivity index (χ1n) is 5.13. The lowest BCUT2D eigenvalue weighted by Gasteiger charge is -2.09. The fraction of sp³-hybridized carbons (Fsp3) is 0.455. The molecule has 0 aliphatic rings. The van der Waals surface area contributed by atoms with Gasteiger partial charge in [-0.05, 0) is 25.3 Å².